The van der Waals surface area contributed by atoms with E-state index >= 15 is 0 Å². The van der Waals surface area contributed by atoms with Gasteiger partial charge in [0, 0.05) is 54.2 Å². The summed E-state index contributed by atoms with van der Waals surface area (Å²) in [5.74, 6) is 0.379. The van der Waals surface area contributed by atoms with E-state index in [1.807, 2.05) is 77.3 Å². The van der Waals surface area contributed by atoms with E-state index in [-0.39, 0.29) is 29.9 Å². The van der Waals surface area contributed by atoms with Crippen LogP contribution in [0, 0.1) is 0 Å². The SMILES string of the molecule is CC(C)OC(=O)N[C@@H](C(=O)N1CCC[C@H]1C(=O)Nc1ccc2[nH]c(-c3ccc(-c4cn(C)c([C@@H]5CCCN5C(=O)Cc5ccccc5)n4)cc3)cc2c1)c1ccccc1. The van der Waals surface area contributed by atoms with E-state index in [0.29, 0.717) is 37.1 Å². The van der Waals surface area contributed by atoms with Crippen molar-refractivity contribution in [3.8, 4) is 22.5 Å². The third-order valence-corrected chi connectivity index (χ3v) is 11.2. The normalized spacial score (nSPS) is 17.0. The first-order valence-electron chi connectivity index (χ1n) is 20.3. The maximum atomic E-state index is 14.0. The highest BCUT2D eigenvalue weighted by atomic mass is 16.6. The van der Waals surface area contributed by atoms with Gasteiger partial charge in [-0.15, -0.1) is 0 Å². The number of carbonyl (C=O) groups is 4. The topological polar surface area (TPSA) is 142 Å². The Morgan fingerprint density at radius 1 is 0.831 bits per heavy atom. The first-order chi connectivity index (χ1) is 28.6. The monoisotopic (exact) mass is 791 g/mol. The second-order valence-electron chi connectivity index (χ2n) is 15.7. The van der Waals surface area contributed by atoms with Crippen LogP contribution >= 0.6 is 0 Å². The predicted molar refractivity (Wildman–Crippen MR) is 227 cm³/mol. The number of hydrogen-bond acceptors (Lipinski definition) is 6. The fraction of sp³-hybridized carbons (Fsp3) is 0.298. The largest absolute Gasteiger partial charge is 0.447 e. The number of aromatic nitrogens is 3. The van der Waals surface area contributed by atoms with Crippen LogP contribution < -0.4 is 10.6 Å². The van der Waals surface area contributed by atoms with Gasteiger partial charge in [0.05, 0.1) is 24.3 Å². The zero-order valence-corrected chi connectivity index (χ0v) is 33.6. The Hall–Kier alpha value is -6.69. The van der Waals surface area contributed by atoms with Crippen molar-refractivity contribution in [2.24, 2.45) is 7.05 Å². The molecule has 2 aliphatic heterocycles. The van der Waals surface area contributed by atoms with E-state index in [2.05, 4.69) is 45.9 Å². The molecule has 59 heavy (non-hydrogen) atoms. The Kier molecular flexibility index (Phi) is 11.3. The van der Waals surface area contributed by atoms with Crippen LogP contribution in [0.5, 0.6) is 0 Å². The van der Waals surface area contributed by atoms with E-state index in [4.69, 9.17) is 9.72 Å². The van der Waals surface area contributed by atoms with Gasteiger partial charge in [0.1, 0.15) is 17.9 Å². The highest BCUT2D eigenvalue weighted by Crippen LogP contribution is 2.34. The molecule has 0 saturated carbocycles. The summed E-state index contributed by atoms with van der Waals surface area (Å²) < 4.78 is 7.33. The van der Waals surface area contributed by atoms with Crippen molar-refractivity contribution in [2.45, 2.75) is 70.2 Å². The average molecular weight is 792 g/mol. The number of amides is 4. The van der Waals surface area contributed by atoms with Gasteiger partial charge in [-0.25, -0.2) is 9.78 Å². The van der Waals surface area contributed by atoms with Gasteiger partial charge in [0.2, 0.25) is 11.8 Å². The molecule has 4 amide bonds. The Morgan fingerprint density at radius 3 is 2.27 bits per heavy atom. The van der Waals surface area contributed by atoms with Crippen LogP contribution in [0.2, 0.25) is 0 Å². The molecule has 2 fully saturated rings. The Labute approximate surface area is 343 Å². The van der Waals surface area contributed by atoms with Crippen LogP contribution in [0.4, 0.5) is 10.5 Å². The fourth-order valence-electron chi connectivity index (χ4n) is 8.32. The Balaban J connectivity index is 0.933. The molecule has 4 aromatic carbocycles. The lowest BCUT2D eigenvalue weighted by molar-refractivity contribution is -0.138. The lowest BCUT2D eigenvalue weighted by atomic mass is 10.0. The molecule has 2 aromatic heterocycles. The number of nitrogens with zero attached hydrogens (tertiary/aromatic N) is 4. The molecule has 4 heterocycles. The molecular weight excluding hydrogens is 743 g/mol. The van der Waals surface area contributed by atoms with Crippen LogP contribution in [-0.2, 0) is 32.6 Å². The predicted octanol–water partition coefficient (Wildman–Crippen LogP) is 7.95. The van der Waals surface area contributed by atoms with Crippen molar-refractivity contribution in [1.82, 2.24) is 29.7 Å². The molecule has 0 bridgehead atoms. The fourth-order valence-corrected chi connectivity index (χ4v) is 8.32. The molecule has 8 rings (SSSR count). The van der Waals surface area contributed by atoms with Crippen molar-refractivity contribution >= 4 is 40.4 Å². The van der Waals surface area contributed by atoms with Gasteiger partial charge >= 0.3 is 6.09 Å². The number of nitrogens with one attached hydrogen (secondary N) is 3. The first kappa shape index (κ1) is 39.2. The maximum Gasteiger partial charge on any atom is 0.408 e. The number of imidazole rings is 1. The molecule has 0 radical (unpaired) electrons. The Bertz CT molecular complexity index is 2460. The van der Waals surface area contributed by atoms with Gasteiger partial charge in [-0.2, -0.15) is 0 Å². The highest BCUT2D eigenvalue weighted by molar-refractivity contribution is 6.00. The van der Waals surface area contributed by atoms with Crippen LogP contribution in [0.1, 0.15) is 68.6 Å². The minimum atomic E-state index is -0.994. The van der Waals surface area contributed by atoms with Crippen molar-refractivity contribution in [3.63, 3.8) is 0 Å². The number of carbonyl (C=O) groups excluding carboxylic acids is 4. The Morgan fingerprint density at radius 2 is 1.53 bits per heavy atom. The summed E-state index contributed by atoms with van der Waals surface area (Å²) in [6.07, 6.45) is 4.38. The molecule has 12 heteroatoms. The van der Waals surface area contributed by atoms with Gasteiger partial charge < -0.3 is 34.7 Å². The van der Waals surface area contributed by atoms with Crippen LogP contribution in [0.15, 0.2) is 115 Å². The number of alkyl carbamates (subject to hydrolysis) is 1. The quantitative estimate of drug-likeness (QED) is 0.122. The molecule has 12 nitrogen and oxygen atoms in total. The van der Waals surface area contributed by atoms with Crippen LogP contribution in [0.25, 0.3) is 33.4 Å². The number of hydrogen-bond donors (Lipinski definition) is 3. The average Bonchev–Trinajstić information content (AvgIpc) is 4.07. The zero-order chi connectivity index (χ0) is 41.0. The number of likely N-dealkylation sites (tertiary alicyclic amines) is 2. The van der Waals surface area contributed by atoms with Gasteiger partial charge in [-0.3, -0.25) is 14.4 Å². The molecule has 3 N–H and O–H groups in total. The molecule has 0 aliphatic carbocycles. The summed E-state index contributed by atoms with van der Waals surface area (Å²) in [7, 11) is 2.00. The van der Waals surface area contributed by atoms with E-state index in [9.17, 15) is 19.2 Å². The van der Waals surface area contributed by atoms with Crippen molar-refractivity contribution in [1.29, 1.82) is 0 Å². The summed E-state index contributed by atoms with van der Waals surface area (Å²) in [5, 5.41) is 6.68. The van der Waals surface area contributed by atoms with Crippen molar-refractivity contribution in [2.75, 3.05) is 18.4 Å². The number of fused-ring (bicyclic) bond motifs is 1. The van der Waals surface area contributed by atoms with Gasteiger partial charge in [0.15, 0.2) is 0 Å². The molecule has 3 atom stereocenters. The van der Waals surface area contributed by atoms with Crippen LogP contribution in [-0.4, -0.2) is 73.4 Å². The van der Waals surface area contributed by atoms with E-state index in [1.165, 1.54) is 0 Å². The lowest BCUT2D eigenvalue weighted by Gasteiger charge is -2.29. The second kappa shape index (κ2) is 17.0. The van der Waals surface area contributed by atoms with Gasteiger partial charge in [-0.1, -0.05) is 84.9 Å². The standard InChI is InChI=1S/C47H49N7O5/c1-30(2)59-47(58)51-43(34-14-8-5-9-15-34)46(57)54-25-11-17-41(54)45(56)48-36-22-23-37-35(27-36)28-38(49-37)32-18-20-33(21-19-32)39-29-52(3)44(50-39)40-16-10-24-53(40)42(55)26-31-12-6-4-7-13-31/h4-9,12-15,18-23,27-30,40-41,43,49H,10-11,16-17,24-26H2,1-3H3,(H,48,56)(H,51,58)/t40-,41-,43+/m0/s1. The molecule has 0 unspecified atom stereocenters. The number of aromatic amines is 1. The number of anilines is 1. The van der Waals surface area contributed by atoms with Gasteiger partial charge in [0.25, 0.3) is 5.91 Å². The van der Waals surface area contributed by atoms with E-state index in [1.54, 1.807) is 43.0 Å². The number of H-pyrrole nitrogens is 1. The van der Waals surface area contributed by atoms with Crippen LogP contribution in [0.3, 0.4) is 0 Å². The molecule has 2 saturated heterocycles. The maximum absolute atomic E-state index is 14.0. The van der Waals surface area contributed by atoms with Gasteiger partial charge in [-0.05, 0) is 80.5 Å². The third kappa shape index (κ3) is 8.62. The number of benzene rings is 4. The van der Waals surface area contributed by atoms with Crippen molar-refractivity contribution < 1.29 is 23.9 Å². The highest BCUT2D eigenvalue weighted by Gasteiger charge is 2.39. The first-order valence-corrected chi connectivity index (χ1v) is 20.3. The summed E-state index contributed by atoms with van der Waals surface area (Å²) >= 11 is 0. The van der Waals surface area contributed by atoms with E-state index < -0.39 is 18.2 Å². The molecule has 2 aliphatic rings. The summed E-state index contributed by atoms with van der Waals surface area (Å²) in [6, 6.07) is 33.1. The lowest BCUT2D eigenvalue weighted by Crippen LogP contribution is -2.48. The minimum Gasteiger partial charge on any atom is -0.447 e. The second-order valence-corrected chi connectivity index (χ2v) is 15.7. The smallest absolute Gasteiger partial charge is 0.408 e. The minimum absolute atomic E-state index is 0.0546. The molecule has 6 aromatic rings. The number of aryl methyl sites for hydroxylation is 1. The molecular formula is C47H49N7O5. The molecule has 0 spiro atoms. The summed E-state index contributed by atoms with van der Waals surface area (Å²) in [6.45, 7) is 4.62. The van der Waals surface area contributed by atoms with E-state index in [0.717, 1.165) is 64.2 Å². The number of ether oxygens (including phenoxy) is 1. The summed E-state index contributed by atoms with van der Waals surface area (Å²) in [4.78, 5) is 65.7. The third-order valence-electron chi connectivity index (χ3n) is 11.2. The molecule has 302 valence electrons. The number of rotatable bonds is 11. The van der Waals surface area contributed by atoms with Crippen molar-refractivity contribution in [3.05, 3.63) is 132 Å². The summed E-state index contributed by atoms with van der Waals surface area (Å²) in [5.41, 5.74) is 6.93. The zero-order valence-electron chi connectivity index (χ0n) is 33.6.